The highest BCUT2D eigenvalue weighted by molar-refractivity contribution is 8.01. The fourth-order valence-corrected chi connectivity index (χ4v) is 4.74. The second-order valence-electron chi connectivity index (χ2n) is 4.96. The van der Waals surface area contributed by atoms with Crippen LogP contribution in [0, 0.1) is 3.95 Å². The van der Waals surface area contributed by atoms with Crippen LogP contribution in [0.15, 0.2) is 46.8 Å². The summed E-state index contributed by atoms with van der Waals surface area (Å²) < 4.78 is 3.00. The minimum Gasteiger partial charge on any atom is -0.324 e. The first-order chi connectivity index (χ1) is 12.4. The summed E-state index contributed by atoms with van der Waals surface area (Å²) in [4.78, 5) is 12.2. The van der Waals surface area contributed by atoms with Crippen molar-refractivity contribution >= 4 is 81.7 Å². The van der Waals surface area contributed by atoms with Crippen LogP contribution in [0.3, 0.4) is 0 Å². The Hall–Kier alpha value is -1.09. The molecule has 0 bridgehead atoms. The molecule has 0 saturated heterocycles. The maximum absolute atomic E-state index is 12.2. The van der Waals surface area contributed by atoms with Crippen LogP contribution < -0.4 is 5.32 Å². The molecule has 10 heteroatoms. The number of amides is 1. The number of nitrogens with one attached hydrogen (secondary N) is 1. The zero-order valence-corrected chi connectivity index (χ0v) is 17.6. The molecule has 1 heterocycles. The van der Waals surface area contributed by atoms with Crippen molar-refractivity contribution in [3.05, 3.63) is 61.5 Å². The summed E-state index contributed by atoms with van der Waals surface area (Å²) in [6, 6.07) is 12.6. The van der Waals surface area contributed by atoms with Crippen LogP contribution in [-0.4, -0.2) is 21.4 Å². The number of halogens is 3. The third kappa shape index (κ3) is 4.79. The minimum atomic E-state index is -0.234. The number of carbonyl (C=O) groups excluding carboxylic acids is 1. The lowest BCUT2D eigenvalue weighted by atomic mass is 10.3. The van der Waals surface area contributed by atoms with Gasteiger partial charge in [0.1, 0.15) is 0 Å². The standard InChI is InChI=1S/C16H10Cl3N3OS3/c17-10-6-12(19)13(7-11(10)18)20-14(23)8-25-15-21-22(16(24)26-15)9-4-2-1-3-5-9/h1-7H,8H2,(H,20,23). The summed E-state index contributed by atoms with van der Waals surface area (Å²) in [5.74, 6) is -0.0733. The highest BCUT2D eigenvalue weighted by Crippen LogP contribution is 2.32. The second-order valence-corrected chi connectivity index (χ2v) is 9.03. The molecule has 0 saturated carbocycles. The van der Waals surface area contributed by atoms with Crippen molar-refractivity contribution in [3.8, 4) is 5.69 Å². The van der Waals surface area contributed by atoms with E-state index in [9.17, 15) is 4.79 Å². The van der Waals surface area contributed by atoms with E-state index in [1.165, 1.54) is 35.2 Å². The molecule has 4 nitrogen and oxygen atoms in total. The predicted molar refractivity (Wildman–Crippen MR) is 113 cm³/mol. The van der Waals surface area contributed by atoms with E-state index in [1.54, 1.807) is 4.68 Å². The summed E-state index contributed by atoms with van der Waals surface area (Å²) in [6.45, 7) is 0. The van der Waals surface area contributed by atoms with Crippen molar-refractivity contribution in [1.29, 1.82) is 0 Å². The monoisotopic (exact) mass is 461 g/mol. The minimum absolute atomic E-state index is 0.160. The van der Waals surface area contributed by atoms with Crippen LogP contribution in [0.1, 0.15) is 0 Å². The summed E-state index contributed by atoms with van der Waals surface area (Å²) in [7, 11) is 0. The Bertz CT molecular complexity index is 1000. The fraction of sp³-hybridized carbons (Fsp3) is 0.0625. The molecule has 0 atom stereocenters. The van der Waals surface area contributed by atoms with E-state index in [0.29, 0.717) is 29.0 Å². The molecule has 0 aliphatic rings. The lowest BCUT2D eigenvalue weighted by molar-refractivity contribution is -0.113. The Labute approximate surface area is 178 Å². The number of rotatable bonds is 5. The highest BCUT2D eigenvalue weighted by Gasteiger charge is 2.12. The van der Waals surface area contributed by atoms with E-state index >= 15 is 0 Å². The molecule has 0 aliphatic heterocycles. The predicted octanol–water partition coefficient (Wildman–Crippen LogP) is 6.35. The highest BCUT2D eigenvalue weighted by atomic mass is 35.5. The van der Waals surface area contributed by atoms with Gasteiger partial charge in [0.2, 0.25) is 5.91 Å². The molecule has 2 aromatic carbocycles. The van der Waals surface area contributed by atoms with Gasteiger partial charge in [-0.3, -0.25) is 4.79 Å². The first-order valence-corrected chi connectivity index (χ1v) is 10.5. The Kier molecular flexibility index (Phi) is 6.60. The number of hydrogen-bond acceptors (Lipinski definition) is 5. The van der Waals surface area contributed by atoms with Gasteiger partial charge in [-0.05, 0) is 36.5 Å². The average molecular weight is 463 g/mol. The zero-order valence-electron chi connectivity index (χ0n) is 12.9. The van der Waals surface area contributed by atoms with E-state index in [0.717, 1.165) is 5.69 Å². The molecular formula is C16H10Cl3N3OS3. The molecule has 1 N–H and O–H groups in total. The van der Waals surface area contributed by atoms with Crippen molar-refractivity contribution in [2.45, 2.75) is 4.34 Å². The summed E-state index contributed by atoms with van der Waals surface area (Å²) in [5.41, 5.74) is 1.29. The van der Waals surface area contributed by atoms with Gasteiger partial charge < -0.3 is 5.32 Å². The molecule has 0 aliphatic carbocycles. The number of aromatic nitrogens is 2. The molecule has 1 amide bonds. The van der Waals surface area contributed by atoms with Gasteiger partial charge in [-0.25, -0.2) is 4.68 Å². The smallest absolute Gasteiger partial charge is 0.234 e. The first kappa shape index (κ1) is 19.7. The Morgan fingerprint density at radius 3 is 2.58 bits per heavy atom. The first-order valence-electron chi connectivity index (χ1n) is 7.17. The molecule has 26 heavy (non-hydrogen) atoms. The number of para-hydroxylation sites is 1. The normalized spacial score (nSPS) is 10.7. The van der Waals surface area contributed by atoms with Gasteiger partial charge in [-0.2, -0.15) is 0 Å². The molecular weight excluding hydrogens is 453 g/mol. The average Bonchev–Trinajstić information content (AvgIpc) is 2.99. The topological polar surface area (TPSA) is 46.9 Å². The fourth-order valence-electron chi connectivity index (χ4n) is 1.98. The molecule has 0 unspecified atom stereocenters. The second kappa shape index (κ2) is 8.73. The van der Waals surface area contributed by atoms with Crippen LogP contribution in [0.4, 0.5) is 5.69 Å². The van der Waals surface area contributed by atoms with Crippen molar-refractivity contribution in [3.63, 3.8) is 0 Å². The third-order valence-electron chi connectivity index (χ3n) is 3.14. The van der Waals surface area contributed by atoms with E-state index < -0.39 is 0 Å². The van der Waals surface area contributed by atoms with E-state index in [1.807, 2.05) is 30.3 Å². The van der Waals surface area contributed by atoms with Crippen LogP contribution in [0.5, 0.6) is 0 Å². The van der Waals surface area contributed by atoms with Crippen molar-refractivity contribution in [1.82, 2.24) is 9.78 Å². The van der Waals surface area contributed by atoms with Crippen LogP contribution >= 0.6 is 70.1 Å². The van der Waals surface area contributed by atoms with Crippen molar-refractivity contribution in [2.24, 2.45) is 0 Å². The molecule has 1 aromatic heterocycles. The largest absolute Gasteiger partial charge is 0.324 e. The van der Waals surface area contributed by atoms with Gasteiger partial charge in [0, 0.05) is 0 Å². The summed E-state index contributed by atoms with van der Waals surface area (Å²) in [6.07, 6.45) is 0. The molecule has 134 valence electrons. The maximum Gasteiger partial charge on any atom is 0.234 e. The summed E-state index contributed by atoms with van der Waals surface area (Å²) >= 11 is 25.9. The number of benzene rings is 2. The molecule has 0 fully saturated rings. The molecule has 0 spiro atoms. The van der Waals surface area contributed by atoms with Crippen molar-refractivity contribution in [2.75, 3.05) is 11.1 Å². The van der Waals surface area contributed by atoms with Gasteiger partial charge in [0.25, 0.3) is 0 Å². The van der Waals surface area contributed by atoms with Crippen LogP contribution in [0.25, 0.3) is 5.69 Å². The number of nitrogens with zero attached hydrogens (tertiary/aromatic N) is 2. The Morgan fingerprint density at radius 1 is 1.15 bits per heavy atom. The summed E-state index contributed by atoms with van der Waals surface area (Å²) in [5, 5.41) is 8.13. The third-order valence-corrected chi connectivity index (χ3v) is 6.54. The van der Waals surface area contributed by atoms with Gasteiger partial charge in [-0.15, -0.1) is 5.10 Å². The van der Waals surface area contributed by atoms with Crippen LogP contribution in [-0.2, 0) is 4.79 Å². The van der Waals surface area contributed by atoms with E-state index in [-0.39, 0.29) is 11.7 Å². The number of anilines is 1. The number of carbonyl (C=O) groups is 1. The van der Waals surface area contributed by atoms with Crippen LogP contribution in [0.2, 0.25) is 15.1 Å². The zero-order chi connectivity index (χ0) is 18.7. The molecule has 3 rings (SSSR count). The Morgan fingerprint density at radius 2 is 1.85 bits per heavy atom. The quantitative estimate of drug-likeness (QED) is 0.272. The lowest BCUT2D eigenvalue weighted by Crippen LogP contribution is -2.14. The maximum atomic E-state index is 12.2. The van der Waals surface area contributed by atoms with E-state index in [4.69, 9.17) is 47.0 Å². The van der Waals surface area contributed by atoms with Gasteiger partial charge in [0.05, 0.1) is 32.2 Å². The molecule has 0 radical (unpaired) electrons. The SMILES string of the molecule is O=C(CSc1nn(-c2ccccc2)c(=S)s1)Nc1cc(Cl)c(Cl)cc1Cl. The number of hydrogen-bond donors (Lipinski definition) is 1. The van der Waals surface area contributed by atoms with Gasteiger partial charge in [-0.1, -0.05) is 76.1 Å². The molecule has 3 aromatic rings. The number of thioether (sulfide) groups is 1. The Balaban J connectivity index is 1.65. The van der Waals surface area contributed by atoms with Gasteiger partial charge >= 0.3 is 0 Å². The van der Waals surface area contributed by atoms with Crippen molar-refractivity contribution < 1.29 is 4.79 Å². The lowest BCUT2D eigenvalue weighted by Gasteiger charge is -2.08. The van der Waals surface area contributed by atoms with E-state index in [2.05, 4.69) is 10.4 Å². The van der Waals surface area contributed by atoms with Gasteiger partial charge in [0.15, 0.2) is 8.29 Å².